The van der Waals surface area contributed by atoms with E-state index in [1.807, 2.05) is 24.4 Å². The number of para-hydroxylation sites is 1. The second-order valence-corrected chi connectivity index (χ2v) is 7.62. The van der Waals surface area contributed by atoms with Crippen LogP contribution in [-0.4, -0.2) is 57.0 Å². The van der Waals surface area contributed by atoms with Crippen molar-refractivity contribution < 1.29 is 0 Å². The van der Waals surface area contributed by atoms with Crippen molar-refractivity contribution in [1.29, 1.82) is 0 Å². The third-order valence-electron chi connectivity index (χ3n) is 5.28. The third kappa shape index (κ3) is 4.86. The van der Waals surface area contributed by atoms with Gasteiger partial charge in [-0.1, -0.05) is 23.7 Å². The Labute approximate surface area is 175 Å². The number of imidazole rings is 1. The highest BCUT2D eigenvalue weighted by molar-refractivity contribution is 6.33. The summed E-state index contributed by atoms with van der Waals surface area (Å²) < 4.78 is 3.35. The van der Waals surface area contributed by atoms with Gasteiger partial charge in [-0.15, -0.1) is 0 Å². The van der Waals surface area contributed by atoms with Gasteiger partial charge in [-0.25, -0.2) is 9.67 Å². The number of halogens is 1. The van der Waals surface area contributed by atoms with Crippen LogP contribution in [0.2, 0.25) is 5.02 Å². The Morgan fingerprint density at radius 1 is 0.966 bits per heavy atom. The third-order valence-corrected chi connectivity index (χ3v) is 5.60. The summed E-state index contributed by atoms with van der Waals surface area (Å²) in [5.41, 5.74) is 1.05. The van der Waals surface area contributed by atoms with Crippen LogP contribution in [0.3, 0.4) is 0 Å². The van der Waals surface area contributed by atoms with Crippen molar-refractivity contribution in [1.82, 2.24) is 24.2 Å². The minimum Gasteiger partial charge on any atom is -0.368 e. The Bertz CT molecular complexity index is 979. The first-order valence-corrected chi connectivity index (χ1v) is 10.4. The van der Waals surface area contributed by atoms with Crippen LogP contribution in [0, 0.1) is 0 Å². The fourth-order valence-electron chi connectivity index (χ4n) is 3.65. The van der Waals surface area contributed by atoms with Crippen LogP contribution in [0.5, 0.6) is 0 Å². The first-order valence-electron chi connectivity index (χ1n) is 9.99. The molecule has 29 heavy (non-hydrogen) atoms. The maximum atomic E-state index is 12.1. The fraction of sp³-hybridized carbons (Fsp3) is 0.381. The van der Waals surface area contributed by atoms with Gasteiger partial charge in [0.25, 0.3) is 5.56 Å². The van der Waals surface area contributed by atoms with Crippen molar-refractivity contribution in [3.8, 4) is 5.82 Å². The zero-order valence-electron chi connectivity index (χ0n) is 16.3. The molecule has 0 atom stereocenters. The number of rotatable bonds is 7. The van der Waals surface area contributed by atoms with Crippen LogP contribution >= 0.6 is 11.6 Å². The lowest BCUT2D eigenvalue weighted by atomic mass is 10.2. The first-order chi connectivity index (χ1) is 14.2. The molecule has 0 N–H and O–H groups in total. The molecule has 1 saturated heterocycles. The second-order valence-electron chi connectivity index (χ2n) is 7.21. The van der Waals surface area contributed by atoms with Gasteiger partial charge in [0.05, 0.1) is 10.7 Å². The van der Waals surface area contributed by atoms with Gasteiger partial charge in [-0.05, 0) is 37.6 Å². The summed E-state index contributed by atoms with van der Waals surface area (Å²) in [6.45, 7) is 5.68. The largest absolute Gasteiger partial charge is 0.368 e. The van der Waals surface area contributed by atoms with Crippen molar-refractivity contribution in [2.24, 2.45) is 0 Å². The molecule has 0 bridgehead atoms. The normalized spacial score (nSPS) is 15.0. The lowest BCUT2D eigenvalue weighted by Crippen LogP contribution is -2.46. The number of piperazine rings is 1. The van der Waals surface area contributed by atoms with Gasteiger partial charge in [-0.3, -0.25) is 14.3 Å². The fourth-order valence-corrected chi connectivity index (χ4v) is 3.90. The van der Waals surface area contributed by atoms with Crippen LogP contribution in [0.25, 0.3) is 5.82 Å². The molecule has 1 aromatic carbocycles. The van der Waals surface area contributed by atoms with Gasteiger partial charge in [0.15, 0.2) is 5.82 Å². The summed E-state index contributed by atoms with van der Waals surface area (Å²) in [6.07, 6.45) is 7.15. The van der Waals surface area contributed by atoms with Gasteiger partial charge in [0.2, 0.25) is 0 Å². The van der Waals surface area contributed by atoms with E-state index in [1.165, 1.54) is 0 Å². The molecule has 4 rings (SSSR count). The molecule has 3 aromatic rings. The zero-order valence-corrected chi connectivity index (χ0v) is 17.1. The molecule has 1 fully saturated rings. The molecule has 8 heteroatoms. The van der Waals surface area contributed by atoms with Gasteiger partial charge in [0, 0.05) is 51.2 Å². The molecule has 0 unspecified atom stereocenters. The molecule has 7 nitrogen and oxygen atoms in total. The number of aromatic nitrogens is 4. The highest BCUT2D eigenvalue weighted by Crippen LogP contribution is 2.26. The van der Waals surface area contributed by atoms with Crippen molar-refractivity contribution in [3.63, 3.8) is 0 Å². The van der Waals surface area contributed by atoms with E-state index < -0.39 is 0 Å². The summed E-state index contributed by atoms with van der Waals surface area (Å²) in [4.78, 5) is 20.9. The van der Waals surface area contributed by atoms with Gasteiger partial charge >= 0.3 is 0 Å². The molecule has 0 radical (unpaired) electrons. The number of benzene rings is 1. The molecule has 3 heterocycles. The maximum absolute atomic E-state index is 12.1. The lowest BCUT2D eigenvalue weighted by Gasteiger charge is -2.36. The van der Waals surface area contributed by atoms with E-state index in [0.29, 0.717) is 12.4 Å². The van der Waals surface area contributed by atoms with Crippen molar-refractivity contribution in [3.05, 3.63) is 70.5 Å². The standard InChI is InChI=1S/C21H25ClN6O/c22-18-5-1-2-6-19(18)26-15-13-25(14-16-26)10-3-4-11-28-21(29)8-7-20(24-28)27-12-9-23-17-27/h1-2,5-9,12,17H,3-4,10-11,13-16H2. The molecule has 0 spiro atoms. The molecule has 1 aliphatic rings. The number of aryl methyl sites for hydroxylation is 1. The number of anilines is 1. The SMILES string of the molecule is O=c1ccc(-n2ccnc2)nn1CCCCN1CCN(c2ccccc2Cl)CC1. The summed E-state index contributed by atoms with van der Waals surface area (Å²) in [6, 6.07) is 11.3. The first kappa shape index (κ1) is 19.7. The number of unbranched alkanes of at least 4 members (excludes halogenated alkanes) is 1. The van der Waals surface area contributed by atoms with E-state index in [2.05, 4.69) is 25.9 Å². The van der Waals surface area contributed by atoms with Gasteiger partial charge in [0.1, 0.15) is 6.33 Å². The van der Waals surface area contributed by atoms with E-state index in [4.69, 9.17) is 11.6 Å². The molecular weight excluding hydrogens is 388 g/mol. The van der Waals surface area contributed by atoms with E-state index in [1.54, 1.807) is 33.9 Å². The molecule has 0 amide bonds. The Morgan fingerprint density at radius 2 is 1.76 bits per heavy atom. The average molecular weight is 413 g/mol. The Kier molecular flexibility index (Phi) is 6.27. The van der Waals surface area contributed by atoms with E-state index in [9.17, 15) is 4.79 Å². The molecule has 1 aliphatic heterocycles. The minimum absolute atomic E-state index is 0.0674. The summed E-state index contributed by atoms with van der Waals surface area (Å²) in [7, 11) is 0. The zero-order chi connectivity index (χ0) is 20.1. The summed E-state index contributed by atoms with van der Waals surface area (Å²) in [5.74, 6) is 0.706. The predicted octanol–water partition coefficient (Wildman–Crippen LogP) is 2.68. The van der Waals surface area contributed by atoms with Crippen LogP contribution in [0.1, 0.15) is 12.8 Å². The Balaban J connectivity index is 1.23. The maximum Gasteiger partial charge on any atom is 0.266 e. The van der Waals surface area contributed by atoms with Crippen LogP contribution < -0.4 is 10.5 Å². The van der Waals surface area contributed by atoms with E-state index in [-0.39, 0.29) is 5.56 Å². The van der Waals surface area contributed by atoms with Gasteiger partial charge in [-0.2, -0.15) is 5.10 Å². The van der Waals surface area contributed by atoms with Crippen LogP contribution in [0.15, 0.2) is 59.9 Å². The molecule has 0 saturated carbocycles. The Morgan fingerprint density at radius 3 is 2.52 bits per heavy atom. The van der Waals surface area contributed by atoms with E-state index in [0.717, 1.165) is 56.3 Å². The summed E-state index contributed by atoms with van der Waals surface area (Å²) in [5, 5.41) is 5.26. The molecular formula is C21H25ClN6O. The van der Waals surface area contributed by atoms with E-state index >= 15 is 0 Å². The minimum atomic E-state index is -0.0674. The van der Waals surface area contributed by atoms with Crippen LogP contribution in [0.4, 0.5) is 5.69 Å². The molecule has 152 valence electrons. The quantitative estimate of drug-likeness (QED) is 0.558. The monoisotopic (exact) mass is 412 g/mol. The second kappa shape index (κ2) is 9.24. The lowest BCUT2D eigenvalue weighted by molar-refractivity contribution is 0.250. The van der Waals surface area contributed by atoms with Crippen LogP contribution in [-0.2, 0) is 6.54 Å². The Hall–Kier alpha value is -2.64. The van der Waals surface area contributed by atoms with Crippen molar-refractivity contribution in [2.45, 2.75) is 19.4 Å². The number of nitrogens with zero attached hydrogens (tertiary/aromatic N) is 6. The highest BCUT2D eigenvalue weighted by atomic mass is 35.5. The summed E-state index contributed by atoms with van der Waals surface area (Å²) >= 11 is 6.32. The van der Waals surface area contributed by atoms with Crippen molar-refractivity contribution in [2.75, 3.05) is 37.6 Å². The molecule has 0 aliphatic carbocycles. The average Bonchev–Trinajstić information content (AvgIpc) is 3.28. The number of hydrogen-bond acceptors (Lipinski definition) is 5. The highest BCUT2D eigenvalue weighted by Gasteiger charge is 2.18. The topological polar surface area (TPSA) is 59.2 Å². The smallest absolute Gasteiger partial charge is 0.266 e. The van der Waals surface area contributed by atoms with Crippen molar-refractivity contribution >= 4 is 17.3 Å². The van der Waals surface area contributed by atoms with Gasteiger partial charge < -0.3 is 4.90 Å². The predicted molar refractivity (Wildman–Crippen MR) is 115 cm³/mol. The molecule has 2 aromatic heterocycles. The number of hydrogen-bond donors (Lipinski definition) is 0.